The number of fused-ring (bicyclic) bond motifs is 3. The summed E-state index contributed by atoms with van der Waals surface area (Å²) in [5.41, 5.74) is 0.513. The first-order chi connectivity index (χ1) is 13.9. The molecule has 0 fully saturated rings. The zero-order chi connectivity index (χ0) is 20.6. The van der Waals surface area contributed by atoms with Gasteiger partial charge < -0.3 is 4.74 Å². The van der Waals surface area contributed by atoms with E-state index in [0.29, 0.717) is 10.9 Å². The van der Waals surface area contributed by atoms with Crippen LogP contribution in [0.1, 0.15) is 28.0 Å². The Bertz CT molecular complexity index is 1240. The van der Waals surface area contributed by atoms with Crippen LogP contribution >= 0.6 is 0 Å². The highest BCUT2D eigenvalue weighted by Crippen LogP contribution is 2.39. The molecule has 0 spiro atoms. The molecule has 0 saturated heterocycles. The third kappa shape index (κ3) is 3.24. The van der Waals surface area contributed by atoms with Gasteiger partial charge >= 0.3 is 0 Å². The highest BCUT2D eigenvalue weighted by Gasteiger charge is 2.43. The van der Waals surface area contributed by atoms with Gasteiger partial charge in [-0.15, -0.1) is 0 Å². The second kappa shape index (κ2) is 7.14. The minimum Gasteiger partial charge on any atom is -0.375 e. The van der Waals surface area contributed by atoms with Crippen molar-refractivity contribution in [3.05, 3.63) is 71.4 Å². The number of carbonyl (C=O) groups is 1. The standard InChI is InChI=1S/C22H20N2O4S/c1-29(26,27)24-18-10-6-5-9-17(18)20-19(24)14-28-12-11-22(15-23,21(20)25)13-16-7-3-2-4-8-16/h2-10H,11-14H2,1H3/t22-/m1/s1. The number of para-hydroxylation sites is 1. The third-order valence-corrected chi connectivity index (χ3v) is 6.47. The SMILES string of the molecule is CS(=O)(=O)n1c2c(c3ccccc31)C(=O)[C@@](C#N)(Cc1ccccc1)CCOC2. The van der Waals surface area contributed by atoms with Crippen LogP contribution in [0.25, 0.3) is 10.9 Å². The molecule has 0 N–H and O–H groups in total. The molecule has 0 radical (unpaired) electrons. The van der Waals surface area contributed by atoms with Gasteiger partial charge in [0.2, 0.25) is 10.0 Å². The molecule has 4 rings (SSSR count). The average Bonchev–Trinajstić information content (AvgIpc) is 3.03. The van der Waals surface area contributed by atoms with Gasteiger partial charge in [-0.1, -0.05) is 48.5 Å². The Balaban J connectivity index is 1.98. The van der Waals surface area contributed by atoms with E-state index in [1.165, 1.54) is 3.97 Å². The second-order valence-corrected chi connectivity index (χ2v) is 9.19. The first-order valence-electron chi connectivity index (χ1n) is 9.28. The number of nitriles is 1. The number of hydrogen-bond acceptors (Lipinski definition) is 5. The Labute approximate surface area is 169 Å². The van der Waals surface area contributed by atoms with Gasteiger partial charge in [0, 0.05) is 12.0 Å². The molecule has 6 nitrogen and oxygen atoms in total. The summed E-state index contributed by atoms with van der Waals surface area (Å²) in [5.74, 6) is -0.347. The second-order valence-electron chi connectivity index (χ2n) is 7.35. The fourth-order valence-electron chi connectivity index (χ4n) is 4.05. The summed E-state index contributed by atoms with van der Waals surface area (Å²) in [6, 6.07) is 18.5. The topological polar surface area (TPSA) is 89.2 Å². The molecular formula is C22H20N2O4S. The van der Waals surface area contributed by atoms with Crippen LogP contribution in [0.5, 0.6) is 0 Å². The van der Waals surface area contributed by atoms with Gasteiger partial charge in [-0.05, 0) is 24.5 Å². The van der Waals surface area contributed by atoms with E-state index in [1.54, 1.807) is 24.3 Å². The molecule has 3 aromatic rings. The lowest BCUT2D eigenvalue weighted by Crippen LogP contribution is -2.36. The van der Waals surface area contributed by atoms with Crippen molar-refractivity contribution in [2.75, 3.05) is 12.9 Å². The van der Waals surface area contributed by atoms with Crippen LogP contribution in [-0.4, -0.2) is 31.0 Å². The number of ketones is 1. The zero-order valence-electron chi connectivity index (χ0n) is 16.0. The Hall–Kier alpha value is -2.95. The lowest BCUT2D eigenvalue weighted by Gasteiger charge is -2.28. The highest BCUT2D eigenvalue weighted by molar-refractivity contribution is 7.89. The van der Waals surface area contributed by atoms with Crippen molar-refractivity contribution >= 4 is 26.7 Å². The van der Waals surface area contributed by atoms with Crippen LogP contribution in [0.3, 0.4) is 0 Å². The van der Waals surface area contributed by atoms with Crippen molar-refractivity contribution < 1.29 is 17.9 Å². The summed E-state index contributed by atoms with van der Waals surface area (Å²) in [4.78, 5) is 13.8. The van der Waals surface area contributed by atoms with E-state index in [-0.39, 0.29) is 43.1 Å². The maximum absolute atomic E-state index is 13.8. The number of rotatable bonds is 3. The number of carbonyl (C=O) groups excluding carboxylic acids is 1. The molecule has 1 atom stereocenters. The summed E-state index contributed by atoms with van der Waals surface area (Å²) in [6.45, 7) is 0.187. The molecule has 7 heteroatoms. The normalized spacial score (nSPS) is 19.9. The van der Waals surface area contributed by atoms with Gasteiger partial charge in [-0.2, -0.15) is 5.26 Å². The maximum atomic E-state index is 13.8. The number of hydrogen-bond donors (Lipinski definition) is 0. The number of aromatic nitrogens is 1. The third-order valence-electron chi connectivity index (χ3n) is 5.39. The molecule has 0 aliphatic carbocycles. The number of nitrogens with zero attached hydrogens (tertiary/aromatic N) is 2. The number of Topliss-reactive ketones (excluding diaryl/α,β-unsaturated/α-hetero) is 1. The van der Waals surface area contributed by atoms with Crippen LogP contribution < -0.4 is 0 Å². The van der Waals surface area contributed by atoms with Gasteiger partial charge in [-0.25, -0.2) is 12.4 Å². The first kappa shape index (κ1) is 19.4. The fraction of sp³-hybridized carbons (Fsp3) is 0.273. The van der Waals surface area contributed by atoms with Gasteiger partial charge in [0.05, 0.1) is 35.7 Å². The molecule has 148 valence electrons. The fourth-order valence-corrected chi connectivity index (χ4v) is 5.12. The van der Waals surface area contributed by atoms with Gasteiger partial charge in [0.25, 0.3) is 0 Å². The Kier molecular flexibility index (Phi) is 4.77. The molecule has 2 aromatic carbocycles. The lowest BCUT2D eigenvalue weighted by molar-refractivity contribution is 0.0643. The van der Waals surface area contributed by atoms with Gasteiger partial charge in [0.1, 0.15) is 5.41 Å². The van der Waals surface area contributed by atoms with Crippen LogP contribution in [0.4, 0.5) is 0 Å². The molecule has 0 bridgehead atoms. The van der Waals surface area contributed by atoms with E-state index in [2.05, 4.69) is 6.07 Å². The van der Waals surface area contributed by atoms with Crippen LogP contribution in [-0.2, 0) is 27.8 Å². The lowest BCUT2D eigenvalue weighted by atomic mass is 9.73. The molecule has 2 heterocycles. The smallest absolute Gasteiger partial charge is 0.236 e. The Morgan fingerprint density at radius 2 is 1.83 bits per heavy atom. The molecule has 0 amide bonds. The molecule has 1 aliphatic heterocycles. The van der Waals surface area contributed by atoms with Gasteiger partial charge in [0.15, 0.2) is 5.78 Å². The van der Waals surface area contributed by atoms with E-state index in [1.807, 2.05) is 30.3 Å². The number of ether oxygens (including phenoxy) is 1. The van der Waals surface area contributed by atoms with Crippen molar-refractivity contribution in [2.45, 2.75) is 19.4 Å². The largest absolute Gasteiger partial charge is 0.375 e. The Morgan fingerprint density at radius 3 is 2.52 bits per heavy atom. The van der Waals surface area contributed by atoms with Crippen LogP contribution in [0, 0.1) is 16.7 Å². The van der Waals surface area contributed by atoms with E-state index in [4.69, 9.17) is 4.74 Å². The minimum absolute atomic E-state index is 0.00430. The summed E-state index contributed by atoms with van der Waals surface area (Å²) in [7, 11) is -3.68. The summed E-state index contributed by atoms with van der Waals surface area (Å²) in [6.07, 6.45) is 1.59. The summed E-state index contributed by atoms with van der Waals surface area (Å²) >= 11 is 0. The monoisotopic (exact) mass is 408 g/mol. The van der Waals surface area contributed by atoms with Crippen LogP contribution in [0.15, 0.2) is 54.6 Å². The predicted molar refractivity (Wildman–Crippen MR) is 109 cm³/mol. The molecule has 0 unspecified atom stereocenters. The van der Waals surface area contributed by atoms with E-state index >= 15 is 0 Å². The first-order valence-corrected chi connectivity index (χ1v) is 11.1. The van der Waals surface area contributed by atoms with E-state index in [9.17, 15) is 18.5 Å². The van der Waals surface area contributed by atoms with Crippen molar-refractivity contribution in [2.24, 2.45) is 5.41 Å². The average molecular weight is 408 g/mol. The quantitative estimate of drug-likeness (QED) is 0.663. The van der Waals surface area contributed by atoms with Crippen LogP contribution in [0.2, 0.25) is 0 Å². The predicted octanol–water partition coefficient (Wildman–Crippen LogP) is 3.30. The Morgan fingerprint density at radius 1 is 1.14 bits per heavy atom. The molecular weight excluding hydrogens is 388 g/mol. The molecule has 1 aliphatic rings. The summed E-state index contributed by atoms with van der Waals surface area (Å²) in [5, 5.41) is 10.6. The number of benzene rings is 2. The molecule has 1 aromatic heterocycles. The highest BCUT2D eigenvalue weighted by atomic mass is 32.2. The van der Waals surface area contributed by atoms with E-state index < -0.39 is 15.4 Å². The zero-order valence-corrected chi connectivity index (χ0v) is 16.8. The summed E-state index contributed by atoms with van der Waals surface area (Å²) < 4.78 is 32.0. The molecule has 29 heavy (non-hydrogen) atoms. The maximum Gasteiger partial charge on any atom is 0.236 e. The van der Waals surface area contributed by atoms with Crippen molar-refractivity contribution in [1.82, 2.24) is 3.97 Å². The molecule has 0 saturated carbocycles. The van der Waals surface area contributed by atoms with Crippen molar-refractivity contribution in [3.8, 4) is 6.07 Å². The van der Waals surface area contributed by atoms with Gasteiger partial charge in [-0.3, -0.25) is 4.79 Å². The van der Waals surface area contributed by atoms with Crippen molar-refractivity contribution in [1.29, 1.82) is 5.26 Å². The van der Waals surface area contributed by atoms with E-state index in [0.717, 1.165) is 11.8 Å². The van der Waals surface area contributed by atoms with Crippen molar-refractivity contribution in [3.63, 3.8) is 0 Å². The minimum atomic E-state index is -3.68.